The van der Waals surface area contributed by atoms with E-state index in [1.54, 1.807) is 18.0 Å². The van der Waals surface area contributed by atoms with Crippen LogP contribution in [0.1, 0.15) is 0 Å². The van der Waals surface area contributed by atoms with Gasteiger partial charge in [0.1, 0.15) is 0 Å². The van der Waals surface area contributed by atoms with E-state index < -0.39 is 0 Å². The third-order valence-electron chi connectivity index (χ3n) is 1.15. The highest BCUT2D eigenvalue weighted by molar-refractivity contribution is 7.98. The predicted molar refractivity (Wildman–Crippen MR) is 42.6 cm³/mol. The molecular formula is C7H9NS. The smallest absolute Gasteiger partial charge is 0.0786 e. The molecule has 0 bridgehead atoms. The molecule has 1 nitrogen and oxygen atoms in total. The van der Waals surface area contributed by atoms with E-state index in [1.165, 1.54) is 5.03 Å². The molecule has 1 aromatic heterocycles. The van der Waals surface area contributed by atoms with Gasteiger partial charge in [-0.1, -0.05) is 6.58 Å². The molecule has 2 heteroatoms. The van der Waals surface area contributed by atoms with Crippen molar-refractivity contribution < 1.29 is 0 Å². The van der Waals surface area contributed by atoms with E-state index in [4.69, 9.17) is 0 Å². The molecule has 0 aliphatic carbocycles. The minimum Gasteiger partial charge on any atom is -0.319 e. The minimum atomic E-state index is 1.23. The van der Waals surface area contributed by atoms with Gasteiger partial charge in [-0.2, -0.15) is 0 Å². The maximum Gasteiger partial charge on any atom is 0.0786 e. The van der Waals surface area contributed by atoms with E-state index >= 15 is 0 Å². The largest absolute Gasteiger partial charge is 0.319 e. The molecule has 0 amide bonds. The first-order valence-corrected chi connectivity index (χ1v) is 3.94. The van der Waals surface area contributed by atoms with Gasteiger partial charge < -0.3 is 4.57 Å². The number of hydrogen-bond acceptors (Lipinski definition) is 1. The van der Waals surface area contributed by atoms with Crippen molar-refractivity contribution in [3.63, 3.8) is 0 Å². The SMILES string of the molecule is C=Cn1cccc1SC. The first kappa shape index (κ1) is 6.49. The Bertz CT molecular complexity index is 202. The molecule has 0 radical (unpaired) electrons. The second kappa shape index (κ2) is 2.78. The summed E-state index contributed by atoms with van der Waals surface area (Å²) in [6.45, 7) is 3.66. The molecule has 1 aromatic rings. The van der Waals surface area contributed by atoms with Gasteiger partial charge in [0.25, 0.3) is 0 Å². The number of hydrogen-bond donors (Lipinski definition) is 0. The summed E-state index contributed by atoms with van der Waals surface area (Å²) in [4.78, 5) is 0. The molecule has 0 aliphatic rings. The Kier molecular flexibility index (Phi) is 2.01. The lowest BCUT2D eigenvalue weighted by molar-refractivity contribution is 1.03. The summed E-state index contributed by atoms with van der Waals surface area (Å²) in [5, 5.41) is 1.23. The van der Waals surface area contributed by atoms with Crippen molar-refractivity contribution in [2.24, 2.45) is 0 Å². The molecule has 0 aromatic carbocycles. The lowest BCUT2D eigenvalue weighted by Crippen LogP contribution is -1.81. The topological polar surface area (TPSA) is 4.93 Å². The zero-order chi connectivity index (χ0) is 6.69. The number of nitrogens with zero attached hydrogens (tertiary/aromatic N) is 1. The summed E-state index contributed by atoms with van der Waals surface area (Å²) in [7, 11) is 0. The van der Waals surface area contributed by atoms with E-state index in [-0.39, 0.29) is 0 Å². The van der Waals surface area contributed by atoms with Crippen molar-refractivity contribution in [2.75, 3.05) is 6.26 Å². The number of thioether (sulfide) groups is 1. The third kappa shape index (κ3) is 1.19. The Hall–Kier alpha value is -0.630. The maximum absolute atomic E-state index is 3.66. The minimum absolute atomic E-state index is 1.23. The normalized spacial score (nSPS) is 9.44. The van der Waals surface area contributed by atoms with Crippen LogP contribution < -0.4 is 0 Å². The lowest BCUT2D eigenvalue weighted by atomic mass is 10.7. The molecule has 0 N–H and O–H groups in total. The van der Waals surface area contributed by atoms with Crippen molar-refractivity contribution in [1.29, 1.82) is 0 Å². The van der Waals surface area contributed by atoms with Crippen LogP contribution in [0.5, 0.6) is 0 Å². The molecule has 1 heterocycles. The fourth-order valence-corrected chi connectivity index (χ4v) is 1.26. The van der Waals surface area contributed by atoms with Crippen molar-refractivity contribution in [1.82, 2.24) is 4.57 Å². The first-order chi connectivity index (χ1) is 4.38. The Balaban J connectivity index is 2.98. The molecule has 1 rings (SSSR count). The highest BCUT2D eigenvalue weighted by Gasteiger charge is 1.91. The summed E-state index contributed by atoms with van der Waals surface area (Å²) in [6, 6.07) is 4.07. The first-order valence-electron chi connectivity index (χ1n) is 2.72. The van der Waals surface area contributed by atoms with Gasteiger partial charge in [-0.05, 0) is 18.4 Å². The van der Waals surface area contributed by atoms with Gasteiger partial charge in [0.05, 0.1) is 5.03 Å². The molecule has 0 atom stereocenters. The summed E-state index contributed by atoms with van der Waals surface area (Å²) < 4.78 is 1.99. The van der Waals surface area contributed by atoms with Crippen LogP contribution in [-0.4, -0.2) is 10.8 Å². The standard InChI is InChI=1S/C7H9NS/c1-3-8-6-4-5-7(8)9-2/h3-6H,1H2,2H3. The number of aromatic nitrogens is 1. The van der Waals surface area contributed by atoms with Crippen LogP contribution in [0.3, 0.4) is 0 Å². The van der Waals surface area contributed by atoms with Gasteiger partial charge in [0.15, 0.2) is 0 Å². The third-order valence-corrected chi connectivity index (χ3v) is 1.91. The average molecular weight is 139 g/mol. The second-order valence-corrected chi connectivity index (χ2v) is 2.47. The molecule has 0 aliphatic heterocycles. The van der Waals surface area contributed by atoms with E-state index in [9.17, 15) is 0 Å². The van der Waals surface area contributed by atoms with Gasteiger partial charge in [0.2, 0.25) is 0 Å². The van der Waals surface area contributed by atoms with Crippen LogP contribution in [0.2, 0.25) is 0 Å². The van der Waals surface area contributed by atoms with E-state index in [0.29, 0.717) is 0 Å². The second-order valence-electron chi connectivity index (χ2n) is 1.64. The van der Waals surface area contributed by atoms with Gasteiger partial charge in [-0.15, -0.1) is 11.8 Å². The summed E-state index contributed by atoms with van der Waals surface area (Å²) in [5.74, 6) is 0. The van der Waals surface area contributed by atoms with Gasteiger partial charge in [0, 0.05) is 12.4 Å². The van der Waals surface area contributed by atoms with Crippen LogP contribution in [0.15, 0.2) is 29.9 Å². The van der Waals surface area contributed by atoms with E-state index in [2.05, 4.69) is 18.9 Å². The van der Waals surface area contributed by atoms with E-state index in [1.807, 2.05) is 16.8 Å². The quantitative estimate of drug-likeness (QED) is 0.569. The van der Waals surface area contributed by atoms with Crippen molar-refractivity contribution in [2.45, 2.75) is 5.03 Å². The fraction of sp³-hybridized carbons (Fsp3) is 0.143. The van der Waals surface area contributed by atoms with Crippen molar-refractivity contribution in [3.05, 3.63) is 24.9 Å². The van der Waals surface area contributed by atoms with Crippen LogP contribution in [0.4, 0.5) is 0 Å². The number of rotatable bonds is 2. The Morgan fingerprint density at radius 1 is 1.78 bits per heavy atom. The van der Waals surface area contributed by atoms with Crippen LogP contribution in [-0.2, 0) is 0 Å². The van der Waals surface area contributed by atoms with Crippen molar-refractivity contribution in [3.8, 4) is 0 Å². The Labute approximate surface area is 59.4 Å². The highest BCUT2D eigenvalue weighted by Crippen LogP contribution is 2.14. The average Bonchev–Trinajstić information content (AvgIpc) is 2.33. The van der Waals surface area contributed by atoms with Crippen LogP contribution in [0, 0.1) is 0 Å². The Morgan fingerprint density at radius 3 is 3.00 bits per heavy atom. The zero-order valence-electron chi connectivity index (χ0n) is 5.37. The molecule has 48 valence electrons. The fourth-order valence-electron chi connectivity index (χ4n) is 0.702. The zero-order valence-corrected chi connectivity index (χ0v) is 6.19. The van der Waals surface area contributed by atoms with Gasteiger partial charge in [-0.3, -0.25) is 0 Å². The van der Waals surface area contributed by atoms with Crippen molar-refractivity contribution >= 4 is 18.0 Å². The van der Waals surface area contributed by atoms with Crippen LogP contribution >= 0.6 is 11.8 Å². The van der Waals surface area contributed by atoms with Gasteiger partial charge in [-0.25, -0.2) is 0 Å². The summed E-state index contributed by atoms with van der Waals surface area (Å²) in [5.41, 5.74) is 0. The lowest BCUT2D eigenvalue weighted by Gasteiger charge is -1.96. The highest BCUT2D eigenvalue weighted by atomic mass is 32.2. The van der Waals surface area contributed by atoms with Crippen LogP contribution in [0.25, 0.3) is 6.20 Å². The predicted octanol–water partition coefficient (Wildman–Crippen LogP) is 2.31. The van der Waals surface area contributed by atoms with E-state index in [0.717, 1.165) is 0 Å². The monoisotopic (exact) mass is 139 g/mol. The summed E-state index contributed by atoms with van der Waals surface area (Å²) in [6.07, 6.45) is 5.83. The van der Waals surface area contributed by atoms with Gasteiger partial charge >= 0.3 is 0 Å². The molecule has 0 spiro atoms. The molecule has 0 fully saturated rings. The Morgan fingerprint density at radius 2 is 2.56 bits per heavy atom. The molecule has 0 saturated heterocycles. The summed E-state index contributed by atoms with van der Waals surface area (Å²) >= 11 is 1.72. The molecule has 0 saturated carbocycles. The maximum atomic E-state index is 3.66. The molecule has 0 unspecified atom stereocenters. The molecular weight excluding hydrogens is 130 g/mol. The molecule has 9 heavy (non-hydrogen) atoms.